The minimum absolute atomic E-state index is 0.0246. The maximum atomic E-state index is 14.7. The van der Waals surface area contributed by atoms with Crippen LogP contribution in [0.2, 0.25) is 5.02 Å². The van der Waals surface area contributed by atoms with Crippen LogP contribution in [0, 0.1) is 23.6 Å². The number of carbonyl (C=O) groups excluding carboxylic acids is 3. The van der Waals surface area contributed by atoms with E-state index in [2.05, 4.69) is 11.9 Å². The molecule has 0 bridgehead atoms. The zero-order chi connectivity index (χ0) is 34.4. The molecular formula is C39H40ClFN4O3. The molecular weight excluding hydrogens is 627 g/mol. The maximum Gasteiger partial charge on any atom is 0.251 e. The van der Waals surface area contributed by atoms with Crippen molar-refractivity contribution in [1.29, 1.82) is 0 Å². The Morgan fingerprint density at radius 2 is 1.65 bits per heavy atom. The lowest BCUT2D eigenvalue weighted by Crippen LogP contribution is -2.54. The first-order chi connectivity index (χ1) is 23.1. The van der Waals surface area contributed by atoms with Crippen molar-refractivity contribution in [2.45, 2.75) is 39.3 Å². The summed E-state index contributed by atoms with van der Waals surface area (Å²) in [5.74, 6) is -3.17. The molecule has 1 aliphatic rings. The number of carbonyl (C=O) groups is 3. The van der Waals surface area contributed by atoms with Crippen LogP contribution in [0.4, 0.5) is 21.5 Å². The van der Waals surface area contributed by atoms with Crippen molar-refractivity contribution in [2.75, 3.05) is 16.3 Å². The highest BCUT2D eigenvalue weighted by Gasteiger charge is 2.39. The van der Waals surface area contributed by atoms with Crippen molar-refractivity contribution in [2.24, 2.45) is 23.5 Å². The number of nitrogens with zero attached hydrogens (tertiary/aromatic N) is 2. The molecule has 4 aromatic carbocycles. The van der Waals surface area contributed by atoms with E-state index in [9.17, 15) is 18.8 Å². The normalized spacial score (nSPS) is 15.8. The van der Waals surface area contributed by atoms with Gasteiger partial charge < -0.3 is 20.9 Å². The molecule has 3 amide bonds. The number of hydrogen-bond donors (Lipinski definition) is 2. The summed E-state index contributed by atoms with van der Waals surface area (Å²) >= 11 is 6.08. The summed E-state index contributed by atoms with van der Waals surface area (Å²) in [5, 5.41) is 3.07. The number of fused-ring (bicyclic) bond motifs is 1. The van der Waals surface area contributed by atoms with E-state index in [0.717, 1.165) is 28.1 Å². The van der Waals surface area contributed by atoms with Crippen molar-refractivity contribution in [3.63, 3.8) is 0 Å². The Balaban J connectivity index is 1.56. The van der Waals surface area contributed by atoms with Gasteiger partial charge in [0.2, 0.25) is 11.8 Å². The van der Waals surface area contributed by atoms with E-state index in [-0.39, 0.29) is 36.4 Å². The number of primary amides is 1. The second-order valence-corrected chi connectivity index (χ2v) is 12.9. The van der Waals surface area contributed by atoms with Gasteiger partial charge in [-0.25, -0.2) is 4.39 Å². The molecule has 3 atom stereocenters. The number of anilines is 3. The molecule has 0 spiro atoms. The third-order valence-corrected chi connectivity index (χ3v) is 8.92. The maximum absolute atomic E-state index is 14.7. The standard InChI is InChI=1S/C39H40ClFN4O3/c1-4-11-30(37(42)46)31(20-25(2)3)38(47)43-34-24-44(29-14-6-5-7-15-29)35-16-8-9-17-36(35)45(39(34)48)23-26-12-10-13-27(21-26)28-18-19-33(41)32(40)22-28/h4-10,12-19,21-22,25,30-31,34H,1,11,20,23-24H2,2-3H3,(H2,42,46)(H,43,47)/t30-,31+,34?/m0/s1. The summed E-state index contributed by atoms with van der Waals surface area (Å²) in [6.07, 6.45) is 2.26. The Morgan fingerprint density at radius 1 is 0.958 bits per heavy atom. The molecule has 0 aliphatic carbocycles. The predicted molar refractivity (Wildman–Crippen MR) is 190 cm³/mol. The van der Waals surface area contributed by atoms with E-state index in [4.69, 9.17) is 17.3 Å². The van der Waals surface area contributed by atoms with Crippen LogP contribution in [-0.4, -0.2) is 30.3 Å². The van der Waals surface area contributed by atoms with Gasteiger partial charge in [-0.05, 0) is 77.9 Å². The van der Waals surface area contributed by atoms with Gasteiger partial charge in [0.25, 0.3) is 5.91 Å². The van der Waals surface area contributed by atoms with Crippen LogP contribution in [0.3, 0.4) is 0 Å². The number of benzene rings is 4. The number of rotatable bonds is 12. The van der Waals surface area contributed by atoms with Crippen molar-refractivity contribution in [3.8, 4) is 11.1 Å². The van der Waals surface area contributed by atoms with Crippen LogP contribution < -0.4 is 20.9 Å². The Morgan fingerprint density at radius 3 is 2.31 bits per heavy atom. The molecule has 7 nitrogen and oxygen atoms in total. The van der Waals surface area contributed by atoms with Crippen molar-refractivity contribution in [3.05, 3.63) is 126 Å². The van der Waals surface area contributed by atoms with Gasteiger partial charge in [-0.3, -0.25) is 14.4 Å². The van der Waals surface area contributed by atoms with Crippen molar-refractivity contribution < 1.29 is 18.8 Å². The molecule has 0 fully saturated rings. The van der Waals surface area contributed by atoms with E-state index in [1.54, 1.807) is 23.1 Å². The summed E-state index contributed by atoms with van der Waals surface area (Å²) in [4.78, 5) is 45.0. The molecule has 0 radical (unpaired) electrons. The molecule has 0 saturated heterocycles. The molecule has 248 valence electrons. The number of halogens is 2. The monoisotopic (exact) mass is 666 g/mol. The SMILES string of the molecule is C=CC[C@H](C(N)=O)[C@@H](CC(C)C)C(=O)NC1CN(c2ccccc2)c2ccccc2N(Cc2cccc(-c3ccc(F)c(Cl)c3)c2)C1=O. The highest BCUT2D eigenvalue weighted by Crippen LogP contribution is 2.38. The zero-order valence-corrected chi connectivity index (χ0v) is 27.9. The van der Waals surface area contributed by atoms with Gasteiger partial charge in [0.1, 0.15) is 11.9 Å². The smallest absolute Gasteiger partial charge is 0.251 e. The quantitative estimate of drug-likeness (QED) is 0.152. The number of nitrogens with two attached hydrogens (primary N) is 1. The summed E-state index contributed by atoms with van der Waals surface area (Å²) in [6, 6.07) is 28.6. The van der Waals surface area contributed by atoms with Crippen LogP contribution in [0.1, 0.15) is 32.3 Å². The van der Waals surface area contributed by atoms with E-state index < -0.39 is 35.5 Å². The summed E-state index contributed by atoms with van der Waals surface area (Å²) < 4.78 is 13.9. The Hall–Kier alpha value is -4.95. The van der Waals surface area contributed by atoms with Gasteiger partial charge in [0.05, 0.1) is 41.3 Å². The average Bonchev–Trinajstić information content (AvgIpc) is 3.18. The molecule has 4 aromatic rings. The second-order valence-electron chi connectivity index (χ2n) is 12.5. The minimum atomic E-state index is -0.962. The molecule has 3 N–H and O–H groups in total. The number of allylic oxidation sites excluding steroid dienone is 1. The first-order valence-corrected chi connectivity index (χ1v) is 16.4. The van der Waals surface area contributed by atoms with Crippen LogP contribution in [0.5, 0.6) is 0 Å². The fourth-order valence-electron chi connectivity index (χ4n) is 6.32. The van der Waals surface area contributed by atoms with Gasteiger partial charge in [-0.15, -0.1) is 6.58 Å². The van der Waals surface area contributed by atoms with Gasteiger partial charge in [-0.1, -0.05) is 86.1 Å². The number of hydrogen-bond acceptors (Lipinski definition) is 4. The third kappa shape index (κ3) is 7.77. The highest BCUT2D eigenvalue weighted by atomic mass is 35.5. The topological polar surface area (TPSA) is 95.7 Å². The summed E-state index contributed by atoms with van der Waals surface area (Å²) in [6.45, 7) is 8.08. The molecule has 9 heteroatoms. The lowest BCUT2D eigenvalue weighted by atomic mass is 9.82. The Labute approximate surface area is 286 Å². The van der Waals surface area contributed by atoms with Gasteiger partial charge in [0, 0.05) is 5.69 Å². The van der Waals surface area contributed by atoms with Crippen LogP contribution in [-0.2, 0) is 20.9 Å². The van der Waals surface area contributed by atoms with E-state index in [0.29, 0.717) is 12.1 Å². The molecule has 0 saturated carbocycles. The van der Waals surface area contributed by atoms with Crippen LogP contribution in [0.25, 0.3) is 11.1 Å². The van der Waals surface area contributed by atoms with Gasteiger partial charge in [-0.2, -0.15) is 0 Å². The molecule has 1 heterocycles. The third-order valence-electron chi connectivity index (χ3n) is 8.63. The van der Waals surface area contributed by atoms with Crippen molar-refractivity contribution >= 4 is 46.4 Å². The van der Waals surface area contributed by atoms with Gasteiger partial charge >= 0.3 is 0 Å². The second kappa shape index (κ2) is 15.3. The average molecular weight is 667 g/mol. The summed E-state index contributed by atoms with van der Waals surface area (Å²) in [7, 11) is 0. The first kappa shape index (κ1) is 34.4. The molecule has 1 unspecified atom stereocenters. The molecule has 0 aromatic heterocycles. The van der Waals surface area contributed by atoms with Crippen molar-refractivity contribution in [1.82, 2.24) is 5.32 Å². The predicted octanol–water partition coefficient (Wildman–Crippen LogP) is 7.66. The zero-order valence-electron chi connectivity index (χ0n) is 27.1. The van der Waals surface area contributed by atoms with Crippen LogP contribution in [0.15, 0.2) is 110 Å². The van der Waals surface area contributed by atoms with E-state index >= 15 is 0 Å². The first-order valence-electron chi connectivity index (χ1n) is 16.0. The lowest BCUT2D eigenvalue weighted by Gasteiger charge is -2.30. The molecule has 5 rings (SSSR count). The fourth-order valence-corrected chi connectivity index (χ4v) is 6.50. The number of amides is 3. The number of para-hydroxylation sites is 3. The minimum Gasteiger partial charge on any atom is -0.369 e. The van der Waals surface area contributed by atoms with E-state index in [1.165, 1.54) is 6.07 Å². The number of nitrogens with one attached hydrogen (secondary N) is 1. The summed E-state index contributed by atoms with van der Waals surface area (Å²) in [5.41, 5.74) is 10.5. The highest BCUT2D eigenvalue weighted by molar-refractivity contribution is 6.31. The molecule has 1 aliphatic heterocycles. The fraction of sp³-hybridized carbons (Fsp3) is 0.256. The Kier molecular flexibility index (Phi) is 11.0. The lowest BCUT2D eigenvalue weighted by molar-refractivity contribution is -0.135. The Bertz CT molecular complexity index is 1800. The van der Waals surface area contributed by atoms with Gasteiger partial charge in [0.15, 0.2) is 0 Å². The largest absolute Gasteiger partial charge is 0.369 e. The molecule has 48 heavy (non-hydrogen) atoms. The van der Waals surface area contributed by atoms with E-state index in [1.807, 2.05) is 97.6 Å². The van der Waals surface area contributed by atoms with Crippen LogP contribution >= 0.6 is 11.6 Å².